The van der Waals surface area contributed by atoms with Gasteiger partial charge in [0.05, 0.1) is 14.2 Å². The van der Waals surface area contributed by atoms with Crippen molar-refractivity contribution in [3.63, 3.8) is 0 Å². The summed E-state index contributed by atoms with van der Waals surface area (Å²) in [5.74, 6) is 0.859. The molecule has 1 heterocycles. The number of aromatic nitrogens is 2. The first-order chi connectivity index (χ1) is 11.7. The molecule has 6 nitrogen and oxygen atoms in total. The number of rotatable bonds is 6. The Morgan fingerprint density at radius 2 is 1.68 bits per heavy atom. The van der Waals surface area contributed by atoms with Gasteiger partial charge in [0.15, 0.2) is 17.2 Å². The first kappa shape index (κ1) is 18.6. The number of hydrogen-bond donors (Lipinski definition) is 2. The van der Waals surface area contributed by atoms with Crippen molar-refractivity contribution in [2.75, 3.05) is 24.9 Å². The number of benzene rings is 1. The van der Waals surface area contributed by atoms with E-state index in [9.17, 15) is 13.2 Å². The fraction of sp³-hybridized carbons (Fsp3) is 0.375. The van der Waals surface area contributed by atoms with Gasteiger partial charge in [0.25, 0.3) is 0 Å². The normalized spacial score (nSPS) is 11.4. The average Bonchev–Trinajstić information content (AvgIpc) is 2.53. The maximum Gasteiger partial charge on any atom is 0.433 e. The van der Waals surface area contributed by atoms with Gasteiger partial charge in [0.1, 0.15) is 5.82 Å². The molecule has 0 unspecified atom stereocenters. The molecule has 0 aliphatic carbocycles. The van der Waals surface area contributed by atoms with Crippen molar-refractivity contribution in [3.8, 4) is 11.5 Å². The monoisotopic (exact) mass is 356 g/mol. The minimum atomic E-state index is -4.58. The summed E-state index contributed by atoms with van der Waals surface area (Å²) in [5.41, 5.74) is -0.534. The van der Waals surface area contributed by atoms with Gasteiger partial charge in [0.2, 0.25) is 5.95 Å². The smallest absolute Gasteiger partial charge is 0.433 e. The zero-order valence-electron chi connectivity index (χ0n) is 14.2. The molecule has 0 atom stereocenters. The number of nitrogens with one attached hydrogen (secondary N) is 2. The molecule has 2 aromatic rings. The van der Waals surface area contributed by atoms with Gasteiger partial charge in [-0.15, -0.1) is 0 Å². The highest BCUT2D eigenvalue weighted by Gasteiger charge is 2.33. The maximum absolute atomic E-state index is 13.1. The van der Waals surface area contributed by atoms with Gasteiger partial charge in [-0.2, -0.15) is 18.2 Å². The van der Waals surface area contributed by atoms with Crippen molar-refractivity contribution in [3.05, 3.63) is 30.0 Å². The summed E-state index contributed by atoms with van der Waals surface area (Å²) in [4.78, 5) is 7.59. The molecule has 136 valence electrons. The molecule has 0 fully saturated rings. The molecule has 0 aliphatic rings. The van der Waals surface area contributed by atoms with E-state index < -0.39 is 11.9 Å². The second kappa shape index (κ2) is 7.45. The number of alkyl halides is 3. The molecule has 0 saturated heterocycles. The van der Waals surface area contributed by atoms with Gasteiger partial charge in [-0.1, -0.05) is 0 Å². The molecule has 0 saturated carbocycles. The Balaban J connectivity index is 2.37. The molecule has 0 amide bonds. The van der Waals surface area contributed by atoms with Gasteiger partial charge in [-0.3, -0.25) is 0 Å². The number of nitrogens with zero attached hydrogens (tertiary/aromatic N) is 2. The van der Waals surface area contributed by atoms with E-state index >= 15 is 0 Å². The van der Waals surface area contributed by atoms with Crippen LogP contribution in [0, 0.1) is 0 Å². The largest absolute Gasteiger partial charge is 0.493 e. The SMILES string of the molecule is COc1ccc(Nc2cc(C(F)(F)F)nc(NC(C)C)n2)cc1OC. The second-order valence-corrected chi connectivity index (χ2v) is 5.45. The predicted molar refractivity (Wildman–Crippen MR) is 88.6 cm³/mol. The Morgan fingerprint density at radius 1 is 1.00 bits per heavy atom. The van der Waals surface area contributed by atoms with E-state index in [-0.39, 0.29) is 17.8 Å². The van der Waals surface area contributed by atoms with Crippen LogP contribution >= 0.6 is 0 Å². The number of halogens is 3. The lowest BCUT2D eigenvalue weighted by molar-refractivity contribution is -0.141. The molecule has 1 aromatic carbocycles. The lowest BCUT2D eigenvalue weighted by Crippen LogP contribution is -2.17. The van der Waals surface area contributed by atoms with E-state index in [4.69, 9.17) is 9.47 Å². The highest BCUT2D eigenvalue weighted by molar-refractivity contribution is 5.62. The quantitative estimate of drug-likeness (QED) is 0.813. The summed E-state index contributed by atoms with van der Waals surface area (Å²) in [6, 6.07) is 5.62. The number of anilines is 3. The molecule has 9 heteroatoms. The molecule has 25 heavy (non-hydrogen) atoms. The van der Waals surface area contributed by atoms with Gasteiger partial charge in [-0.05, 0) is 26.0 Å². The van der Waals surface area contributed by atoms with Crippen molar-refractivity contribution >= 4 is 17.5 Å². The predicted octanol–water partition coefficient (Wildman–Crippen LogP) is 4.08. The first-order valence-electron chi connectivity index (χ1n) is 7.44. The van der Waals surface area contributed by atoms with Gasteiger partial charge in [0, 0.05) is 23.9 Å². The van der Waals surface area contributed by atoms with E-state index in [2.05, 4.69) is 20.6 Å². The van der Waals surface area contributed by atoms with Crippen molar-refractivity contribution in [2.24, 2.45) is 0 Å². The van der Waals surface area contributed by atoms with Crippen LogP contribution in [0.2, 0.25) is 0 Å². The molecule has 0 radical (unpaired) electrons. The van der Waals surface area contributed by atoms with Crippen molar-refractivity contribution in [1.29, 1.82) is 0 Å². The highest BCUT2D eigenvalue weighted by Crippen LogP contribution is 2.33. The van der Waals surface area contributed by atoms with Crippen LogP contribution in [0.15, 0.2) is 24.3 Å². The molecule has 0 spiro atoms. The molecule has 2 rings (SSSR count). The second-order valence-electron chi connectivity index (χ2n) is 5.45. The molecule has 1 aromatic heterocycles. The Labute approximate surface area is 143 Å². The van der Waals surface area contributed by atoms with E-state index in [0.717, 1.165) is 6.07 Å². The van der Waals surface area contributed by atoms with E-state index in [1.165, 1.54) is 14.2 Å². The molecular weight excluding hydrogens is 337 g/mol. The molecule has 0 aliphatic heterocycles. The third-order valence-electron chi connectivity index (χ3n) is 3.09. The number of hydrogen-bond acceptors (Lipinski definition) is 6. The fourth-order valence-electron chi connectivity index (χ4n) is 2.04. The Kier molecular flexibility index (Phi) is 5.55. The molecular formula is C16H19F3N4O2. The lowest BCUT2D eigenvalue weighted by Gasteiger charge is -2.15. The minimum Gasteiger partial charge on any atom is -0.493 e. The Hall–Kier alpha value is -2.71. The topological polar surface area (TPSA) is 68.3 Å². The Bertz CT molecular complexity index is 736. The average molecular weight is 356 g/mol. The van der Waals surface area contributed by atoms with E-state index in [0.29, 0.717) is 17.2 Å². The Morgan fingerprint density at radius 3 is 2.24 bits per heavy atom. The van der Waals surface area contributed by atoms with Crippen LogP contribution in [0.4, 0.5) is 30.6 Å². The van der Waals surface area contributed by atoms with Gasteiger partial charge >= 0.3 is 6.18 Å². The standard InChI is InChI=1S/C16H19F3N4O2/c1-9(2)20-15-22-13(16(17,18)19)8-14(23-15)21-10-5-6-11(24-3)12(7-10)25-4/h5-9H,1-4H3,(H2,20,21,22,23). The molecule has 2 N–H and O–H groups in total. The first-order valence-corrected chi connectivity index (χ1v) is 7.44. The zero-order valence-corrected chi connectivity index (χ0v) is 14.2. The summed E-state index contributed by atoms with van der Waals surface area (Å²) in [6.07, 6.45) is -4.58. The third-order valence-corrected chi connectivity index (χ3v) is 3.09. The van der Waals surface area contributed by atoms with Crippen LogP contribution in [-0.2, 0) is 6.18 Å². The lowest BCUT2D eigenvalue weighted by atomic mass is 10.2. The van der Waals surface area contributed by atoms with Crippen LogP contribution in [-0.4, -0.2) is 30.2 Å². The van der Waals surface area contributed by atoms with Crippen LogP contribution < -0.4 is 20.1 Å². The van der Waals surface area contributed by atoms with Gasteiger partial charge < -0.3 is 20.1 Å². The van der Waals surface area contributed by atoms with Crippen LogP contribution in [0.1, 0.15) is 19.5 Å². The van der Waals surface area contributed by atoms with Crippen molar-refractivity contribution < 1.29 is 22.6 Å². The van der Waals surface area contributed by atoms with E-state index in [1.54, 1.807) is 32.0 Å². The summed E-state index contributed by atoms with van der Waals surface area (Å²) in [6.45, 7) is 3.57. The number of ether oxygens (including phenoxy) is 2. The van der Waals surface area contributed by atoms with Crippen molar-refractivity contribution in [1.82, 2.24) is 9.97 Å². The summed E-state index contributed by atoms with van der Waals surface area (Å²) in [5, 5.41) is 5.61. The zero-order chi connectivity index (χ0) is 18.6. The summed E-state index contributed by atoms with van der Waals surface area (Å²) in [7, 11) is 2.97. The maximum atomic E-state index is 13.1. The van der Waals surface area contributed by atoms with Crippen LogP contribution in [0.25, 0.3) is 0 Å². The van der Waals surface area contributed by atoms with E-state index in [1.807, 2.05) is 0 Å². The van der Waals surface area contributed by atoms with Crippen LogP contribution in [0.5, 0.6) is 11.5 Å². The molecule has 0 bridgehead atoms. The minimum absolute atomic E-state index is 0.0118. The van der Waals surface area contributed by atoms with Crippen molar-refractivity contribution in [2.45, 2.75) is 26.1 Å². The summed E-state index contributed by atoms with van der Waals surface area (Å²) >= 11 is 0. The fourth-order valence-corrected chi connectivity index (χ4v) is 2.04. The summed E-state index contributed by atoms with van der Waals surface area (Å²) < 4.78 is 49.5. The highest BCUT2D eigenvalue weighted by atomic mass is 19.4. The third kappa shape index (κ3) is 4.88. The number of methoxy groups -OCH3 is 2. The van der Waals surface area contributed by atoms with Gasteiger partial charge in [-0.25, -0.2) is 4.98 Å². The van der Waals surface area contributed by atoms with Crippen LogP contribution in [0.3, 0.4) is 0 Å².